The van der Waals surface area contributed by atoms with Crippen molar-refractivity contribution in [3.8, 4) is 5.75 Å². The Morgan fingerprint density at radius 2 is 2.10 bits per heavy atom. The Kier molecular flexibility index (Phi) is 7.80. The molecule has 0 aliphatic carbocycles. The van der Waals surface area contributed by atoms with Gasteiger partial charge in [0.25, 0.3) is 0 Å². The van der Waals surface area contributed by atoms with Crippen molar-refractivity contribution in [3.63, 3.8) is 0 Å². The van der Waals surface area contributed by atoms with Gasteiger partial charge in [0.05, 0.1) is 6.54 Å². The first kappa shape index (κ1) is 22.7. The van der Waals surface area contributed by atoms with Gasteiger partial charge >= 0.3 is 0 Å². The number of nitrogens with zero attached hydrogens (tertiary/aromatic N) is 2. The molecule has 0 saturated carbocycles. The van der Waals surface area contributed by atoms with E-state index in [1.165, 1.54) is 5.39 Å². The molecule has 7 heteroatoms. The number of fused-ring (bicyclic) bond motifs is 1. The standard InChI is InChI=1S/C23H30N4O2.HI/c1-2-24-22(27-13-6-11-23(17-27)15-21(28)26-16-23)25-12-14-29-20-10-5-8-18-7-3-4-9-19(18)20;/h3-5,7-10H,2,6,11-17H2,1H3,(H,24,25)(H,26,28);1H. The molecular weight excluding hydrogens is 491 g/mol. The molecule has 1 atom stereocenters. The summed E-state index contributed by atoms with van der Waals surface area (Å²) in [4.78, 5) is 18.9. The molecule has 2 N–H and O–H groups in total. The molecule has 0 bridgehead atoms. The number of aliphatic imine (C=N–C) groups is 1. The number of likely N-dealkylation sites (tertiary alicyclic amines) is 1. The minimum absolute atomic E-state index is 0. The van der Waals surface area contributed by atoms with Gasteiger partial charge in [-0.1, -0.05) is 36.4 Å². The first-order valence-corrected chi connectivity index (χ1v) is 10.6. The molecule has 162 valence electrons. The average molecular weight is 522 g/mol. The molecule has 2 aliphatic rings. The number of halogens is 1. The van der Waals surface area contributed by atoms with Crippen LogP contribution in [0, 0.1) is 5.41 Å². The Morgan fingerprint density at radius 1 is 1.27 bits per heavy atom. The van der Waals surface area contributed by atoms with Crippen LogP contribution in [0.1, 0.15) is 26.2 Å². The smallest absolute Gasteiger partial charge is 0.220 e. The van der Waals surface area contributed by atoms with Crippen molar-refractivity contribution in [1.29, 1.82) is 0 Å². The largest absolute Gasteiger partial charge is 0.491 e. The van der Waals surface area contributed by atoms with Crippen molar-refractivity contribution in [1.82, 2.24) is 15.5 Å². The van der Waals surface area contributed by atoms with E-state index in [1.54, 1.807) is 0 Å². The van der Waals surface area contributed by atoms with Crippen LogP contribution < -0.4 is 15.4 Å². The highest BCUT2D eigenvalue weighted by Gasteiger charge is 2.42. The lowest BCUT2D eigenvalue weighted by Gasteiger charge is -2.40. The summed E-state index contributed by atoms with van der Waals surface area (Å²) >= 11 is 0. The number of nitrogens with one attached hydrogen (secondary N) is 2. The molecule has 1 amide bonds. The lowest BCUT2D eigenvalue weighted by molar-refractivity contribution is -0.119. The lowest BCUT2D eigenvalue weighted by atomic mass is 9.79. The number of rotatable bonds is 5. The van der Waals surface area contributed by atoms with Crippen LogP contribution in [0.4, 0.5) is 0 Å². The fourth-order valence-electron chi connectivity index (χ4n) is 4.48. The molecule has 2 heterocycles. The number of guanidine groups is 1. The summed E-state index contributed by atoms with van der Waals surface area (Å²) < 4.78 is 6.03. The summed E-state index contributed by atoms with van der Waals surface area (Å²) in [6.07, 6.45) is 2.82. The highest BCUT2D eigenvalue weighted by molar-refractivity contribution is 14.0. The molecule has 1 spiro atoms. The first-order valence-electron chi connectivity index (χ1n) is 10.6. The van der Waals surface area contributed by atoms with E-state index < -0.39 is 0 Å². The van der Waals surface area contributed by atoms with Crippen molar-refractivity contribution in [2.45, 2.75) is 26.2 Å². The third-order valence-corrected chi connectivity index (χ3v) is 5.85. The molecule has 1 unspecified atom stereocenters. The number of hydrogen-bond donors (Lipinski definition) is 2. The molecule has 2 fully saturated rings. The van der Waals surface area contributed by atoms with Gasteiger partial charge in [0.15, 0.2) is 5.96 Å². The summed E-state index contributed by atoms with van der Waals surface area (Å²) in [6, 6.07) is 14.4. The van der Waals surface area contributed by atoms with Gasteiger partial charge in [-0.3, -0.25) is 4.79 Å². The summed E-state index contributed by atoms with van der Waals surface area (Å²) in [5, 5.41) is 8.73. The fourth-order valence-corrected chi connectivity index (χ4v) is 4.48. The number of carbonyl (C=O) groups excluding carboxylic acids is 1. The van der Waals surface area contributed by atoms with Gasteiger partial charge < -0.3 is 20.3 Å². The van der Waals surface area contributed by atoms with Gasteiger partial charge in [-0.25, -0.2) is 4.99 Å². The monoisotopic (exact) mass is 522 g/mol. The number of hydrogen-bond acceptors (Lipinski definition) is 3. The third kappa shape index (κ3) is 5.17. The van der Waals surface area contributed by atoms with Crippen LogP contribution in [0.2, 0.25) is 0 Å². The molecule has 2 saturated heterocycles. The zero-order valence-corrected chi connectivity index (χ0v) is 19.9. The third-order valence-electron chi connectivity index (χ3n) is 5.85. The molecule has 0 aromatic heterocycles. The van der Waals surface area contributed by atoms with E-state index in [-0.39, 0.29) is 35.3 Å². The van der Waals surface area contributed by atoms with Gasteiger partial charge in [0.1, 0.15) is 12.4 Å². The lowest BCUT2D eigenvalue weighted by Crippen LogP contribution is -2.51. The Labute approximate surface area is 195 Å². The SMILES string of the molecule is CCNC(=NCCOc1cccc2ccccc12)N1CCCC2(CNC(=O)C2)C1.I. The maximum Gasteiger partial charge on any atom is 0.220 e. The van der Waals surface area contributed by atoms with E-state index in [4.69, 9.17) is 9.73 Å². The first-order chi connectivity index (χ1) is 14.2. The molecule has 2 aromatic carbocycles. The summed E-state index contributed by atoms with van der Waals surface area (Å²) in [7, 11) is 0. The van der Waals surface area contributed by atoms with Crippen LogP contribution >= 0.6 is 24.0 Å². The zero-order chi connectivity index (χ0) is 20.1. The molecular formula is C23H31IN4O2. The summed E-state index contributed by atoms with van der Waals surface area (Å²) in [5.74, 6) is 2.00. The van der Waals surface area contributed by atoms with E-state index in [1.807, 2.05) is 24.3 Å². The highest BCUT2D eigenvalue weighted by Crippen LogP contribution is 2.36. The van der Waals surface area contributed by atoms with Gasteiger partial charge in [0.2, 0.25) is 5.91 Å². The van der Waals surface area contributed by atoms with Crippen molar-refractivity contribution in [3.05, 3.63) is 42.5 Å². The van der Waals surface area contributed by atoms with Gasteiger partial charge in [-0.05, 0) is 31.2 Å². The van der Waals surface area contributed by atoms with Crippen LogP contribution in [0.3, 0.4) is 0 Å². The highest BCUT2D eigenvalue weighted by atomic mass is 127. The maximum absolute atomic E-state index is 11.8. The maximum atomic E-state index is 11.8. The Morgan fingerprint density at radius 3 is 2.90 bits per heavy atom. The predicted molar refractivity (Wildman–Crippen MR) is 132 cm³/mol. The number of ether oxygens (including phenoxy) is 1. The van der Waals surface area contributed by atoms with Crippen LogP contribution in [-0.4, -0.2) is 56.1 Å². The van der Waals surface area contributed by atoms with Crippen LogP contribution in [0.5, 0.6) is 5.75 Å². The minimum Gasteiger partial charge on any atom is -0.491 e. The number of amides is 1. The topological polar surface area (TPSA) is 66.0 Å². The Balaban J connectivity index is 0.00000256. The van der Waals surface area contributed by atoms with Gasteiger partial charge in [-0.2, -0.15) is 0 Å². The molecule has 2 aliphatic heterocycles. The van der Waals surface area contributed by atoms with E-state index in [0.29, 0.717) is 19.6 Å². The number of benzene rings is 2. The molecule has 2 aromatic rings. The molecule has 0 radical (unpaired) electrons. The molecule has 30 heavy (non-hydrogen) atoms. The minimum atomic E-state index is 0. The van der Waals surface area contributed by atoms with Crippen molar-refractivity contribution < 1.29 is 9.53 Å². The summed E-state index contributed by atoms with van der Waals surface area (Å²) in [6.45, 7) is 6.67. The van der Waals surface area contributed by atoms with E-state index in [9.17, 15) is 4.79 Å². The van der Waals surface area contributed by atoms with Gasteiger partial charge in [-0.15, -0.1) is 24.0 Å². The fraction of sp³-hybridized carbons (Fsp3) is 0.478. The van der Waals surface area contributed by atoms with E-state index in [2.05, 4.69) is 40.7 Å². The van der Waals surface area contributed by atoms with E-state index in [0.717, 1.165) is 56.1 Å². The Hall–Kier alpha value is -2.03. The second-order valence-corrected chi connectivity index (χ2v) is 8.04. The summed E-state index contributed by atoms with van der Waals surface area (Å²) in [5.41, 5.74) is 0.0605. The second kappa shape index (κ2) is 10.3. The Bertz CT molecular complexity index is 898. The zero-order valence-electron chi connectivity index (χ0n) is 17.5. The predicted octanol–water partition coefficient (Wildman–Crippen LogP) is 3.40. The van der Waals surface area contributed by atoms with Crippen LogP contribution in [-0.2, 0) is 4.79 Å². The van der Waals surface area contributed by atoms with Crippen molar-refractivity contribution >= 4 is 46.6 Å². The van der Waals surface area contributed by atoms with Crippen LogP contribution in [0.25, 0.3) is 10.8 Å². The average Bonchev–Trinajstić information content (AvgIpc) is 3.09. The molecule has 6 nitrogen and oxygen atoms in total. The van der Waals surface area contributed by atoms with Crippen LogP contribution in [0.15, 0.2) is 47.5 Å². The van der Waals surface area contributed by atoms with Gasteiger partial charge in [0, 0.05) is 43.4 Å². The quantitative estimate of drug-likeness (QED) is 0.274. The number of piperidine rings is 1. The van der Waals surface area contributed by atoms with Crippen molar-refractivity contribution in [2.24, 2.45) is 10.4 Å². The van der Waals surface area contributed by atoms with Crippen molar-refractivity contribution in [2.75, 3.05) is 39.3 Å². The molecule has 4 rings (SSSR count). The number of carbonyl (C=O) groups is 1. The van der Waals surface area contributed by atoms with E-state index >= 15 is 0 Å². The normalized spacial score (nSPS) is 21.4. The second-order valence-electron chi connectivity index (χ2n) is 8.04.